The van der Waals surface area contributed by atoms with Gasteiger partial charge in [0, 0.05) is 17.4 Å². The van der Waals surface area contributed by atoms with Gasteiger partial charge < -0.3 is 9.88 Å². The lowest BCUT2D eigenvalue weighted by Gasteiger charge is -2.20. The SMILES string of the molecule is Cc1ccc(Nc2cc3nc4cc(C#N)ccc4n(-c4ccc(F)cc4)c-3cc2=NC(C)C)cn1. The maximum Gasteiger partial charge on any atom is 0.123 e. The number of nitrogens with zero attached hydrogens (tertiary/aromatic N) is 5. The van der Waals surface area contributed by atoms with Gasteiger partial charge in [0.25, 0.3) is 0 Å². The zero-order valence-corrected chi connectivity index (χ0v) is 19.6. The van der Waals surface area contributed by atoms with Crippen molar-refractivity contribution in [2.24, 2.45) is 4.99 Å². The highest BCUT2D eigenvalue weighted by Gasteiger charge is 2.17. The second-order valence-corrected chi connectivity index (χ2v) is 8.63. The number of fused-ring (bicyclic) bond motifs is 2. The number of nitriles is 1. The molecule has 2 heterocycles. The van der Waals surface area contributed by atoms with Crippen molar-refractivity contribution in [3.63, 3.8) is 0 Å². The third-order valence-corrected chi connectivity index (χ3v) is 5.59. The minimum atomic E-state index is -0.308. The molecule has 1 aliphatic carbocycles. The molecule has 0 fully saturated rings. The van der Waals surface area contributed by atoms with Gasteiger partial charge in [-0.05, 0) is 87.5 Å². The maximum absolute atomic E-state index is 13.7. The van der Waals surface area contributed by atoms with E-state index >= 15 is 0 Å². The highest BCUT2D eigenvalue weighted by atomic mass is 19.1. The number of anilines is 2. The van der Waals surface area contributed by atoms with E-state index in [-0.39, 0.29) is 11.9 Å². The number of pyridine rings is 1. The number of hydrogen-bond donors (Lipinski definition) is 1. The van der Waals surface area contributed by atoms with E-state index in [9.17, 15) is 9.65 Å². The van der Waals surface area contributed by atoms with Gasteiger partial charge >= 0.3 is 0 Å². The molecule has 1 aromatic heterocycles. The molecule has 172 valence electrons. The minimum Gasteiger partial charge on any atom is -0.352 e. The Hall–Kier alpha value is -4.57. The first-order valence-corrected chi connectivity index (χ1v) is 11.3. The van der Waals surface area contributed by atoms with Crippen LogP contribution in [0.15, 0.2) is 77.9 Å². The Kier molecular flexibility index (Phi) is 5.71. The van der Waals surface area contributed by atoms with Crippen molar-refractivity contribution in [1.29, 1.82) is 5.26 Å². The summed E-state index contributed by atoms with van der Waals surface area (Å²) in [5.74, 6) is -0.308. The van der Waals surface area contributed by atoms with Gasteiger partial charge in [-0.3, -0.25) is 9.98 Å². The van der Waals surface area contributed by atoms with E-state index in [1.165, 1.54) is 12.1 Å². The van der Waals surface area contributed by atoms with Crippen molar-refractivity contribution in [2.75, 3.05) is 5.32 Å². The minimum absolute atomic E-state index is 0.0648. The zero-order chi connectivity index (χ0) is 24.5. The molecule has 6 nitrogen and oxygen atoms in total. The van der Waals surface area contributed by atoms with Crippen molar-refractivity contribution >= 4 is 22.4 Å². The molecular weight excluding hydrogens is 439 g/mol. The van der Waals surface area contributed by atoms with Gasteiger partial charge in [-0.15, -0.1) is 0 Å². The van der Waals surface area contributed by atoms with Crippen LogP contribution in [0.4, 0.5) is 15.8 Å². The van der Waals surface area contributed by atoms with Crippen LogP contribution >= 0.6 is 0 Å². The largest absolute Gasteiger partial charge is 0.352 e. The van der Waals surface area contributed by atoms with Crippen molar-refractivity contribution in [2.45, 2.75) is 26.8 Å². The number of nitrogens with one attached hydrogen (secondary N) is 1. The first-order valence-electron chi connectivity index (χ1n) is 11.3. The predicted molar refractivity (Wildman–Crippen MR) is 135 cm³/mol. The summed E-state index contributed by atoms with van der Waals surface area (Å²) in [5, 5.41) is 13.6. The third-order valence-electron chi connectivity index (χ3n) is 5.59. The second-order valence-electron chi connectivity index (χ2n) is 8.63. The molecule has 0 unspecified atom stereocenters. The fraction of sp³-hybridized carbons (Fsp3) is 0.143. The lowest BCUT2D eigenvalue weighted by Crippen LogP contribution is -2.16. The normalized spacial score (nSPS) is 11.8. The van der Waals surface area contributed by atoms with E-state index in [4.69, 9.17) is 9.98 Å². The fourth-order valence-corrected chi connectivity index (χ4v) is 4.02. The van der Waals surface area contributed by atoms with Gasteiger partial charge in [0.1, 0.15) is 5.82 Å². The van der Waals surface area contributed by atoms with Crippen molar-refractivity contribution in [3.8, 4) is 23.1 Å². The lowest BCUT2D eigenvalue weighted by molar-refractivity contribution is 0.627. The van der Waals surface area contributed by atoms with Crippen LogP contribution in [0, 0.1) is 24.1 Å². The summed E-state index contributed by atoms with van der Waals surface area (Å²) in [7, 11) is 0. The molecule has 2 aromatic carbocycles. The number of rotatable bonds is 4. The van der Waals surface area contributed by atoms with Crippen molar-refractivity contribution < 1.29 is 4.39 Å². The van der Waals surface area contributed by atoms with Gasteiger partial charge in [-0.1, -0.05) is 0 Å². The summed E-state index contributed by atoms with van der Waals surface area (Å²) in [6.07, 6.45) is 1.78. The van der Waals surface area contributed by atoms with Crippen molar-refractivity contribution in [3.05, 3.63) is 95.4 Å². The van der Waals surface area contributed by atoms with Crippen LogP contribution in [0.3, 0.4) is 0 Å². The Bertz CT molecular complexity index is 1610. The zero-order valence-electron chi connectivity index (χ0n) is 19.6. The number of halogens is 1. The molecule has 2 aliphatic rings. The molecule has 0 atom stereocenters. The summed E-state index contributed by atoms with van der Waals surface area (Å²) in [6.45, 7) is 5.99. The lowest BCUT2D eigenvalue weighted by atomic mass is 10.1. The van der Waals surface area contributed by atoms with Crippen LogP contribution < -0.4 is 10.7 Å². The highest BCUT2D eigenvalue weighted by molar-refractivity contribution is 5.85. The molecule has 0 amide bonds. The Balaban J connectivity index is 1.83. The van der Waals surface area contributed by atoms with Crippen LogP contribution in [0.2, 0.25) is 0 Å². The summed E-state index contributed by atoms with van der Waals surface area (Å²) < 4.78 is 15.8. The standard InChI is InChI=1S/C28H23FN6/c1-17(2)32-24-14-28-26(13-23(24)33-21-8-4-18(3)31-16-21)34-25-12-19(15-30)5-11-27(25)35(28)22-9-6-20(29)7-10-22/h4-14,16-17,33H,1-3H3. The Morgan fingerprint density at radius 3 is 2.51 bits per heavy atom. The molecule has 5 rings (SSSR count). The Morgan fingerprint density at radius 2 is 1.83 bits per heavy atom. The first-order chi connectivity index (χ1) is 16.9. The highest BCUT2D eigenvalue weighted by Crippen LogP contribution is 2.31. The van der Waals surface area contributed by atoms with E-state index in [2.05, 4.69) is 16.4 Å². The van der Waals surface area contributed by atoms with Gasteiger partial charge in [0.2, 0.25) is 0 Å². The molecule has 0 spiro atoms. The molecule has 3 aromatic rings. The third kappa shape index (κ3) is 4.46. The van der Waals surface area contributed by atoms with Crippen LogP contribution in [0.5, 0.6) is 0 Å². The molecule has 1 aliphatic heterocycles. The van der Waals surface area contributed by atoms with E-state index < -0.39 is 0 Å². The molecule has 35 heavy (non-hydrogen) atoms. The molecule has 0 saturated carbocycles. The average Bonchev–Trinajstić information content (AvgIpc) is 2.84. The van der Waals surface area contributed by atoms with Gasteiger partial charge in [0.15, 0.2) is 0 Å². The van der Waals surface area contributed by atoms with E-state index in [1.807, 2.05) is 55.7 Å². The topological polar surface area (TPSA) is 78.9 Å². The van der Waals surface area contributed by atoms with Crippen LogP contribution in [-0.4, -0.2) is 20.6 Å². The Labute approximate surface area is 202 Å². The fourth-order valence-electron chi connectivity index (χ4n) is 4.02. The van der Waals surface area contributed by atoms with Crippen LogP contribution in [0.25, 0.3) is 28.1 Å². The molecule has 0 bridgehead atoms. The van der Waals surface area contributed by atoms with Gasteiger partial charge in [0.05, 0.1) is 57.0 Å². The number of benzene rings is 3. The second kappa shape index (κ2) is 8.99. The molecular formula is C28H23FN6. The van der Waals surface area contributed by atoms with Crippen molar-refractivity contribution in [1.82, 2.24) is 14.5 Å². The Morgan fingerprint density at radius 1 is 1.03 bits per heavy atom. The summed E-state index contributed by atoms with van der Waals surface area (Å²) in [6, 6.07) is 21.8. The number of hydrogen-bond acceptors (Lipinski definition) is 5. The monoisotopic (exact) mass is 462 g/mol. The summed E-state index contributed by atoms with van der Waals surface area (Å²) in [4.78, 5) is 14.1. The number of aromatic nitrogens is 3. The van der Waals surface area contributed by atoms with E-state index in [0.29, 0.717) is 16.8 Å². The van der Waals surface area contributed by atoms with E-state index in [0.717, 1.165) is 39.3 Å². The molecule has 0 saturated heterocycles. The molecule has 7 heteroatoms. The molecule has 0 radical (unpaired) electrons. The van der Waals surface area contributed by atoms with Crippen LogP contribution in [0.1, 0.15) is 25.1 Å². The smallest absolute Gasteiger partial charge is 0.123 e. The van der Waals surface area contributed by atoms with E-state index in [1.54, 1.807) is 30.5 Å². The predicted octanol–water partition coefficient (Wildman–Crippen LogP) is 5.90. The van der Waals surface area contributed by atoms with Gasteiger partial charge in [-0.2, -0.15) is 5.26 Å². The first kappa shape index (κ1) is 22.2. The van der Waals surface area contributed by atoms with Crippen LogP contribution in [-0.2, 0) is 0 Å². The summed E-state index contributed by atoms with van der Waals surface area (Å²) >= 11 is 0. The summed E-state index contributed by atoms with van der Waals surface area (Å²) in [5.41, 5.74) is 6.88. The van der Waals surface area contributed by atoms with Gasteiger partial charge in [-0.25, -0.2) is 9.37 Å². The number of aryl methyl sites for hydroxylation is 1. The maximum atomic E-state index is 13.7. The average molecular weight is 463 g/mol. The molecule has 1 N–H and O–H groups in total. The quantitative estimate of drug-likeness (QED) is 0.338.